The molecule has 0 N–H and O–H groups in total. The van der Waals surface area contributed by atoms with Gasteiger partial charge in [0.2, 0.25) is 0 Å². The average Bonchev–Trinajstić information content (AvgIpc) is 2.91. The van der Waals surface area contributed by atoms with Crippen LogP contribution in [0.2, 0.25) is 0 Å². The lowest BCUT2D eigenvalue weighted by Gasteiger charge is -2.43. The highest BCUT2D eigenvalue weighted by atomic mass is 16.5. The summed E-state index contributed by atoms with van der Waals surface area (Å²) in [6, 6.07) is 8.82. The second-order valence-electron chi connectivity index (χ2n) is 6.21. The predicted molar refractivity (Wildman–Crippen MR) is 88.2 cm³/mol. The summed E-state index contributed by atoms with van der Waals surface area (Å²) < 4.78 is 8.27. The summed E-state index contributed by atoms with van der Waals surface area (Å²) >= 11 is 0. The Morgan fingerprint density at radius 2 is 2.00 bits per heavy atom. The average molecular weight is 299 g/mol. The molecule has 0 unspecified atom stereocenters. The van der Waals surface area contributed by atoms with Gasteiger partial charge in [-0.25, -0.2) is 4.98 Å². The molecule has 1 atom stereocenters. The van der Waals surface area contributed by atoms with Crippen LogP contribution in [0.1, 0.15) is 25.2 Å². The number of ether oxygens (including phenoxy) is 1. The maximum absolute atomic E-state index is 6.00. The van der Waals surface area contributed by atoms with Crippen molar-refractivity contribution in [1.82, 2.24) is 14.5 Å². The van der Waals surface area contributed by atoms with Gasteiger partial charge < -0.3 is 9.30 Å². The van der Waals surface area contributed by atoms with Crippen molar-refractivity contribution >= 4 is 0 Å². The minimum atomic E-state index is 0.318. The molecule has 0 amide bonds. The Morgan fingerprint density at radius 1 is 1.27 bits per heavy atom. The van der Waals surface area contributed by atoms with Crippen LogP contribution < -0.4 is 4.74 Å². The smallest absolute Gasteiger partial charge is 0.124 e. The summed E-state index contributed by atoms with van der Waals surface area (Å²) in [7, 11) is 0. The molecule has 118 valence electrons. The summed E-state index contributed by atoms with van der Waals surface area (Å²) in [6.45, 7) is 9.54. The van der Waals surface area contributed by atoms with Crippen molar-refractivity contribution in [2.75, 3.05) is 13.1 Å². The van der Waals surface area contributed by atoms with Crippen LogP contribution in [0.3, 0.4) is 0 Å². The number of rotatable bonds is 6. The third kappa shape index (κ3) is 3.33. The number of aryl methyl sites for hydroxylation is 2. The molecule has 1 aliphatic rings. The lowest BCUT2D eigenvalue weighted by atomic mass is 10.1. The van der Waals surface area contributed by atoms with Crippen LogP contribution in [0.4, 0.5) is 0 Å². The Balaban J connectivity index is 1.47. The van der Waals surface area contributed by atoms with Crippen molar-refractivity contribution in [1.29, 1.82) is 0 Å². The second kappa shape index (κ2) is 6.53. The Bertz CT molecular complexity index is 599. The molecule has 1 aromatic carbocycles. The van der Waals surface area contributed by atoms with E-state index in [1.54, 1.807) is 0 Å². The van der Waals surface area contributed by atoms with Crippen LogP contribution in [0.5, 0.6) is 5.75 Å². The Labute approximate surface area is 132 Å². The lowest BCUT2D eigenvalue weighted by Crippen LogP contribution is -2.57. The molecule has 0 radical (unpaired) electrons. The molecular weight excluding hydrogens is 274 g/mol. The Morgan fingerprint density at radius 3 is 2.68 bits per heavy atom. The molecule has 4 nitrogen and oxygen atoms in total. The normalized spacial score (nSPS) is 17.2. The fourth-order valence-corrected chi connectivity index (χ4v) is 2.93. The van der Waals surface area contributed by atoms with E-state index in [1.165, 1.54) is 11.4 Å². The van der Waals surface area contributed by atoms with Crippen LogP contribution in [0.15, 0.2) is 36.7 Å². The zero-order valence-corrected chi connectivity index (χ0v) is 13.7. The van der Waals surface area contributed by atoms with E-state index < -0.39 is 0 Å². The molecule has 0 bridgehead atoms. The largest absolute Gasteiger partial charge is 0.488 e. The Kier molecular flexibility index (Phi) is 4.48. The number of hydrogen-bond donors (Lipinski definition) is 0. The summed E-state index contributed by atoms with van der Waals surface area (Å²) in [5.41, 5.74) is 1.27. The van der Waals surface area contributed by atoms with E-state index in [4.69, 9.17) is 4.74 Å². The molecule has 2 heterocycles. The molecule has 0 spiro atoms. The molecule has 0 aliphatic carbocycles. The highest BCUT2D eigenvalue weighted by Gasteiger charge is 2.32. The standard InChI is InChI=1S/C18H25N3O/c1-4-18-19-9-10-20(18)11-15(3)21-12-17(13-21)22-16-7-5-14(2)6-8-16/h5-10,15,17H,4,11-13H2,1-3H3/t15-/m0/s1. The van der Waals surface area contributed by atoms with Crippen molar-refractivity contribution in [3.8, 4) is 5.75 Å². The number of hydrogen-bond acceptors (Lipinski definition) is 3. The fraction of sp³-hybridized carbons (Fsp3) is 0.500. The molecule has 22 heavy (non-hydrogen) atoms. The van der Waals surface area contributed by atoms with Gasteiger partial charge in [0.05, 0.1) is 0 Å². The van der Waals surface area contributed by atoms with Crippen molar-refractivity contribution in [2.24, 2.45) is 0 Å². The van der Waals surface area contributed by atoms with Crippen LogP contribution >= 0.6 is 0 Å². The molecule has 1 saturated heterocycles. The predicted octanol–water partition coefficient (Wildman–Crippen LogP) is 2.91. The molecule has 2 aromatic rings. The van der Waals surface area contributed by atoms with Gasteiger partial charge in [-0.1, -0.05) is 24.6 Å². The van der Waals surface area contributed by atoms with E-state index in [-0.39, 0.29) is 0 Å². The number of nitrogens with zero attached hydrogens (tertiary/aromatic N) is 3. The quantitative estimate of drug-likeness (QED) is 0.821. The van der Waals surface area contributed by atoms with Crippen molar-refractivity contribution < 1.29 is 4.74 Å². The van der Waals surface area contributed by atoms with Crippen molar-refractivity contribution in [3.63, 3.8) is 0 Å². The van der Waals surface area contributed by atoms with Crippen LogP contribution in [0, 0.1) is 6.92 Å². The van der Waals surface area contributed by atoms with Gasteiger partial charge in [0.1, 0.15) is 17.7 Å². The van der Waals surface area contributed by atoms with Gasteiger partial charge in [-0.3, -0.25) is 4.90 Å². The molecule has 1 aliphatic heterocycles. The number of imidazole rings is 1. The van der Waals surface area contributed by atoms with Gasteiger partial charge in [-0.2, -0.15) is 0 Å². The van der Waals surface area contributed by atoms with E-state index in [0.717, 1.165) is 31.8 Å². The molecule has 0 saturated carbocycles. The summed E-state index contributed by atoms with van der Waals surface area (Å²) in [4.78, 5) is 6.86. The summed E-state index contributed by atoms with van der Waals surface area (Å²) in [5, 5.41) is 0. The first-order chi connectivity index (χ1) is 10.7. The van der Waals surface area contributed by atoms with E-state index in [0.29, 0.717) is 12.1 Å². The maximum atomic E-state index is 6.00. The summed E-state index contributed by atoms with van der Waals surface area (Å²) in [6.07, 6.45) is 5.28. The maximum Gasteiger partial charge on any atom is 0.124 e. The van der Waals surface area contributed by atoms with E-state index in [2.05, 4.69) is 65.7 Å². The molecule has 1 aromatic heterocycles. The first kappa shape index (κ1) is 15.1. The minimum Gasteiger partial charge on any atom is -0.488 e. The van der Waals surface area contributed by atoms with Crippen molar-refractivity contribution in [3.05, 3.63) is 48.0 Å². The van der Waals surface area contributed by atoms with Crippen LogP contribution in [0.25, 0.3) is 0 Å². The highest BCUT2D eigenvalue weighted by molar-refractivity contribution is 5.26. The zero-order valence-electron chi connectivity index (χ0n) is 13.7. The Hall–Kier alpha value is -1.81. The SMILES string of the molecule is CCc1nccn1C[C@H](C)N1CC(Oc2ccc(C)cc2)C1. The first-order valence-electron chi connectivity index (χ1n) is 8.13. The van der Waals surface area contributed by atoms with Crippen LogP contribution in [-0.2, 0) is 13.0 Å². The van der Waals surface area contributed by atoms with Gasteiger partial charge in [0.25, 0.3) is 0 Å². The number of benzene rings is 1. The van der Waals surface area contributed by atoms with Gasteiger partial charge in [-0.15, -0.1) is 0 Å². The fourth-order valence-electron chi connectivity index (χ4n) is 2.93. The molecule has 1 fully saturated rings. The highest BCUT2D eigenvalue weighted by Crippen LogP contribution is 2.21. The van der Waals surface area contributed by atoms with E-state index in [1.807, 2.05) is 6.20 Å². The lowest BCUT2D eigenvalue weighted by molar-refractivity contribution is -0.00878. The molecule has 3 rings (SSSR count). The molecular formula is C18H25N3O. The third-order valence-electron chi connectivity index (χ3n) is 4.40. The van der Waals surface area contributed by atoms with Crippen molar-refractivity contribution in [2.45, 2.75) is 45.9 Å². The number of likely N-dealkylation sites (tertiary alicyclic amines) is 1. The monoisotopic (exact) mass is 299 g/mol. The van der Waals surface area contributed by atoms with Crippen LogP contribution in [-0.4, -0.2) is 39.7 Å². The van der Waals surface area contributed by atoms with Gasteiger partial charge in [-0.05, 0) is 26.0 Å². The van der Waals surface area contributed by atoms with E-state index >= 15 is 0 Å². The zero-order chi connectivity index (χ0) is 15.5. The first-order valence-corrected chi connectivity index (χ1v) is 8.13. The summed E-state index contributed by atoms with van der Waals surface area (Å²) in [5.74, 6) is 2.14. The van der Waals surface area contributed by atoms with E-state index in [9.17, 15) is 0 Å². The van der Waals surface area contributed by atoms with Gasteiger partial charge in [0.15, 0.2) is 0 Å². The minimum absolute atomic E-state index is 0.318. The topological polar surface area (TPSA) is 30.3 Å². The number of aromatic nitrogens is 2. The third-order valence-corrected chi connectivity index (χ3v) is 4.40. The van der Waals surface area contributed by atoms with Gasteiger partial charge >= 0.3 is 0 Å². The molecule has 4 heteroatoms. The second-order valence-corrected chi connectivity index (χ2v) is 6.21. The van der Waals surface area contributed by atoms with Gasteiger partial charge in [0, 0.05) is 44.5 Å².